The summed E-state index contributed by atoms with van der Waals surface area (Å²) in [4.78, 5) is 11.0. The highest BCUT2D eigenvalue weighted by molar-refractivity contribution is 6.32. The van der Waals surface area contributed by atoms with Crippen LogP contribution in [0.15, 0.2) is 12.1 Å². The zero-order chi connectivity index (χ0) is 15.0. The van der Waals surface area contributed by atoms with Gasteiger partial charge in [-0.1, -0.05) is 11.6 Å². The van der Waals surface area contributed by atoms with E-state index in [0.29, 0.717) is 42.5 Å². The minimum Gasteiger partial charge on any atom is -0.493 e. The molecule has 0 aliphatic rings. The van der Waals surface area contributed by atoms with Crippen LogP contribution in [0.2, 0.25) is 5.02 Å². The number of hydrogen-bond donors (Lipinski definition) is 1. The molecule has 2 N–H and O–H groups in total. The fourth-order valence-corrected chi connectivity index (χ4v) is 2.00. The van der Waals surface area contributed by atoms with Crippen LogP contribution in [-0.4, -0.2) is 33.3 Å². The van der Waals surface area contributed by atoms with Crippen LogP contribution in [-0.2, 0) is 16.0 Å². The number of halogens is 1. The Bertz CT molecular complexity index is 451. The van der Waals surface area contributed by atoms with Crippen molar-refractivity contribution in [3.8, 4) is 11.5 Å². The van der Waals surface area contributed by atoms with Crippen LogP contribution in [0.3, 0.4) is 0 Å². The molecular formula is C14H20ClNO4. The first-order valence-corrected chi connectivity index (χ1v) is 6.76. The van der Waals surface area contributed by atoms with Crippen molar-refractivity contribution >= 4 is 17.6 Å². The summed E-state index contributed by atoms with van der Waals surface area (Å²) in [6, 6.07) is 3.67. The summed E-state index contributed by atoms with van der Waals surface area (Å²) >= 11 is 6.18. The second kappa shape index (κ2) is 8.66. The summed E-state index contributed by atoms with van der Waals surface area (Å²) in [5.41, 5.74) is 6.52. The Hall–Kier alpha value is -1.46. The van der Waals surface area contributed by atoms with E-state index in [2.05, 4.69) is 4.74 Å². The van der Waals surface area contributed by atoms with Crippen LogP contribution in [0.25, 0.3) is 0 Å². The second-order valence-electron chi connectivity index (χ2n) is 4.18. The summed E-state index contributed by atoms with van der Waals surface area (Å²) in [6.07, 6.45) is 1.58. The number of rotatable bonds is 8. The molecule has 0 aliphatic heterocycles. The van der Waals surface area contributed by atoms with Gasteiger partial charge in [0, 0.05) is 6.42 Å². The lowest BCUT2D eigenvalue weighted by Crippen LogP contribution is -2.06. The molecule has 0 saturated heterocycles. The number of ether oxygens (including phenoxy) is 3. The predicted octanol–water partition coefficient (Wildman–Crippen LogP) is 2.18. The molecular weight excluding hydrogens is 282 g/mol. The van der Waals surface area contributed by atoms with Crippen LogP contribution >= 0.6 is 11.6 Å². The van der Waals surface area contributed by atoms with E-state index in [4.69, 9.17) is 26.8 Å². The number of methoxy groups -OCH3 is 2. The van der Waals surface area contributed by atoms with Crippen molar-refractivity contribution < 1.29 is 19.0 Å². The second-order valence-corrected chi connectivity index (χ2v) is 4.58. The lowest BCUT2D eigenvalue weighted by atomic mass is 10.1. The topological polar surface area (TPSA) is 70.8 Å². The minimum atomic E-state index is -0.259. The maximum Gasteiger partial charge on any atom is 0.305 e. The number of carbonyl (C=O) groups is 1. The van der Waals surface area contributed by atoms with Gasteiger partial charge in [-0.25, -0.2) is 0 Å². The lowest BCUT2D eigenvalue weighted by molar-refractivity contribution is -0.140. The van der Waals surface area contributed by atoms with Gasteiger partial charge in [0.05, 0.1) is 25.8 Å². The van der Waals surface area contributed by atoms with Gasteiger partial charge in [0.1, 0.15) is 0 Å². The maximum atomic E-state index is 11.0. The van der Waals surface area contributed by atoms with Gasteiger partial charge in [-0.2, -0.15) is 0 Å². The van der Waals surface area contributed by atoms with Crippen molar-refractivity contribution in [3.63, 3.8) is 0 Å². The Kier molecular flexibility index (Phi) is 7.18. The Balaban J connectivity index is 2.66. The number of benzene rings is 1. The summed E-state index contributed by atoms with van der Waals surface area (Å²) in [7, 11) is 2.92. The molecule has 0 aliphatic carbocycles. The fraction of sp³-hybridized carbons (Fsp3) is 0.500. The van der Waals surface area contributed by atoms with Crippen LogP contribution in [0.1, 0.15) is 18.4 Å². The van der Waals surface area contributed by atoms with Crippen LogP contribution in [0.4, 0.5) is 0 Å². The molecule has 0 spiro atoms. The first-order valence-electron chi connectivity index (χ1n) is 6.38. The molecule has 1 aromatic rings. The summed E-state index contributed by atoms with van der Waals surface area (Å²) in [5, 5.41) is 0.478. The molecule has 112 valence electrons. The largest absolute Gasteiger partial charge is 0.493 e. The SMILES string of the molecule is COC(=O)CCCOc1c(Cl)cc(CCN)cc1OC. The Labute approximate surface area is 123 Å². The third kappa shape index (κ3) is 4.90. The van der Waals surface area contributed by atoms with Crippen molar-refractivity contribution in [2.45, 2.75) is 19.3 Å². The lowest BCUT2D eigenvalue weighted by Gasteiger charge is -2.14. The Morgan fingerprint density at radius 2 is 2.10 bits per heavy atom. The standard InChI is InChI=1S/C14H20ClNO4/c1-18-12-9-10(5-6-16)8-11(15)14(12)20-7-3-4-13(17)19-2/h8-9H,3-7,16H2,1-2H3. The highest BCUT2D eigenvalue weighted by Crippen LogP contribution is 2.36. The zero-order valence-corrected chi connectivity index (χ0v) is 12.5. The first kappa shape index (κ1) is 16.6. The van der Waals surface area contributed by atoms with Gasteiger partial charge in [-0.15, -0.1) is 0 Å². The first-order chi connectivity index (χ1) is 9.62. The van der Waals surface area contributed by atoms with Gasteiger partial charge in [-0.05, 0) is 37.1 Å². The molecule has 1 rings (SSSR count). The fourth-order valence-electron chi connectivity index (χ4n) is 1.72. The smallest absolute Gasteiger partial charge is 0.305 e. The number of carbonyl (C=O) groups excluding carboxylic acids is 1. The van der Waals surface area contributed by atoms with Crippen molar-refractivity contribution in [3.05, 3.63) is 22.7 Å². The molecule has 1 aromatic carbocycles. The monoisotopic (exact) mass is 301 g/mol. The third-order valence-electron chi connectivity index (χ3n) is 2.72. The van der Waals surface area contributed by atoms with Gasteiger partial charge < -0.3 is 19.9 Å². The quantitative estimate of drug-likeness (QED) is 0.588. The third-order valence-corrected chi connectivity index (χ3v) is 3.00. The molecule has 0 amide bonds. The molecule has 0 unspecified atom stereocenters. The van der Waals surface area contributed by atoms with Gasteiger partial charge in [0.15, 0.2) is 11.5 Å². The van der Waals surface area contributed by atoms with Crippen LogP contribution in [0.5, 0.6) is 11.5 Å². The maximum absolute atomic E-state index is 11.0. The average molecular weight is 302 g/mol. The molecule has 0 atom stereocenters. The normalized spacial score (nSPS) is 10.2. The Morgan fingerprint density at radius 1 is 1.35 bits per heavy atom. The summed E-state index contributed by atoms with van der Waals surface area (Å²) in [5.74, 6) is 0.795. The average Bonchev–Trinajstić information content (AvgIpc) is 2.44. The highest BCUT2D eigenvalue weighted by Gasteiger charge is 2.12. The van der Waals surface area contributed by atoms with Gasteiger partial charge in [0.2, 0.25) is 0 Å². The number of nitrogens with two attached hydrogens (primary N) is 1. The van der Waals surface area contributed by atoms with E-state index < -0.39 is 0 Å². The number of esters is 1. The molecule has 0 bridgehead atoms. The van der Waals surface area contributed by atoms with E-state index in [-0.39, 0.29) is 5.97 Å². The molecule has 0 radical (unpaired) electrons. The number of hydrogen-bond acceptors (Lipinski definition) is 5. The van der Waals surface area contributed by atoms with Gasteiger partial charge in [-0.3, -0.25) is 4.79 Å². The summed E-state index contributed by atoms with van der Waals surface area (Å²) in [6.45, 7) is 0.903. The zero-order valence-electron chi connectivity index (χ0n) is 11.8. The molecule has 0 heterocycles. The molecule has 0 fully saturated rings. The van der Waals surface area contributed by atoms with E-state index in [0.717, 1.165) is 12.0 Å². The van der Waals surface area contributed by atoms with Crippen molar-refractivity contribution in [1.82, 2.24) is 0 Å². The van der Waals surface area contributed by atoms with E-state index in [1.165, 1.54) is 7.11 Å². The molecule has 0 saturated carbocycles. The summed E-state index contributed by atoms with van der Waals surface area (Å²) < 4.78 is 15.4. The van der Waals surface area contributed by atoms with Crippen molar-refractivity contribution in [1.29, 1.82) is 0 Å². The van der Waals surface area contributed by atoms with Crippen molar-refractivity contribution in [2.75, 3.05) is 27.4 Å². The molecule has 20 heavy (non-hydrogen) atoms. The van der Waals surface area contributed by atoms with Crippen molar-refractivity contribution in [2.24, 2.45) is 5.73 Å². The van der Waals surface area contributed by atoms with Gasteiger partial charge >= 0.3 is 5.97 Å². The highest BCUT2D eigenvalue weighted by atomic mass is 35.5. The van der Waals surface area contributed by atoms with E-state index in [1.807, 2.05) is 12.1 Å². The Morgan fingerprint density at radius 3 is 2.70 bits per heavy atom. The van der Waals surface area contributed by atoms with Crippen LogP contribution in [0, 0.1) is 0 Å². The van der Waals surface area contributed by atoms with Crippen LogP contribution < -0.4 is 15.2 Å². The minimum absolute atomic E-state index is 0.259. The van der Waals surface area contributed by atoms with Gasteiger partial charge in [0.25, 0.3) is 0 Å². The molecule has 6 heteroatoms. The molecule has 5 nitrogen and oxygen atoms in total. The van der Waals surface area contributed by atoms with E-state index >= 15 is 0 Å². The van der Waals surface area contributed by atoms with E-state index in [1.54, 1.807) is 7.11 Å². The molecule has 0 aromatic heterocycles. The van der Waals surface area contributed by atoms with E-state index in [9.17, 15) is 4.79 Å². The predicted molar refractivity (Wildman–Crippen MR) is 77.5 cm³/mol.